The van der Waals surface area contributed by atoms with Crippen molar-refractivity contribution < 1.29 is 18.7 Å². The maximum atomic E-state index is 13.4. The normalized spacial score (nSPS) is 10.8. The predicted molar refractivity (Wildman–Crippen MR) is 50.3 cm³/mol. The van der Waals surface area contributed by atoms with Gasteiger partial charge in [-0.2, -0.15) is 0 Å². The van der Waals surface area contributed by atoms with Crippen LogP contribution in [0.25, 0.3) is 11.1 Å². The van der Waals surface area contributed by atoms with Crippen molar-refractivity contribution in [1.82, 2.24) is 4.98 Å². The maximum absolute atomic E-state index is 13.4. The molecule has 0 bridgehead atoms. The molecule has 0 unspecified atom stereocenters. The van der Waals surface area contributed by atoms with E-state index in [9.17, 15) is 9.18 Å². The third-order valence-corrected chi connectivity index (χ3v) is 2.04. The molecular formula is C10H8FNO3. The van der Waals surface area contributed by atoms with Gasteiger partial charge in [-0.05, 0) is 12.1 Å². The van der Waals surface area contributed by atoms with E-state index in [1.807, 2.05) is 6.92 Å². The molecule has 1 N–H and O–H groups in total. The number of oxazole rings is 1. The summed E-state index contributed by atoms with van der Waals surface area (Å²) in [6.07, 6.45) is 0.538. The molecule has 0 atom stereocenters. The molecule has 0 aliphatic carbocycles. The van der Waals surface area contributed by atoms with Gasteiger partial charge in [0.2, 0.25) is 0 Å². The van der Waals surface area contributed by atoms with E-state index in [1.54, 1.807) is 0 Å². The Hall–Kier alpha value is -1.91. The second kappa shape index (κ2) is 3.34. The number of halogens is 1. The highest BCUT2D eigenvalue weighted by Crippen LogP contribution is 2.21. The van der Waals surface area contributed by atoms with E-state index >= 15 is 0 Å². The molecule has 15 heavy (non-hydrogen) atoms. The zero-order valence-electron chi connectivity index (χ0n) is 7.95. The van der Waals surface area contributed by atoms with Crippen LogP contribution in [0, 0.1) is 5.82 Å². The summed E-state index contributed by atoms with van der Waals surface area (Å²) in [4.78, 5) is 14.5. The SMILES string of the molecule is CCc1nc2c(F)cc(C(=O)O)cc2o1. The summed E-state index contributed by atoms with van der Waals surface area (Å²) in [5, 5.41) is 8.70. The Morgan fingerprint density at radius 1 is 1.60 bits per heavy atom. The zero-order chi connectivity index (χ0) is 11.0. The molecule has 1 aromatic heterocycles. The van der Waals surface area contributed by atoms with E-state index in [-0.39, 0.29) is 16.7 Å². The lowest BCUT2D eigenvalue weighted by molar-refractivity contribution is 0.0696. The summed E-state index contributed by atoms with van der Waals surface area (Å²) in [6, 6.07) is 2.21. The monoisotopic (exact) mass is 209 g/mol. The van der Waals surface area contributed by atoms with E-state index in [4.69, 9.17) is 9.52 Å². The van der Waals surface area contributed by atoms with Gasteiger partial charge in [0.25, 0.3) is 0 Å². The second-order valence-corrected chi connectivity index (χ2v) is 3.07. The van der Waals surface area contributed by atoms with Crippen LogP contribution in [0.4, 0.5) is 4.39 Å². The number of aryl methyl sites for hydroxylation is 1. The van der Waals surface area contributed by atoms with Gasteiger partial charge in [-0.1, -0.05) is 6.92 Å². The van der Waals surface area contributed by atoms with Crippen LogP contribution in [-0.2, 0) is 6.42 Å². The predicted octanol–water partition coefficient (Wildman–Crippen LogP) is 2.23. The highest BCUT2D eigenvalue weighted by Gasteiger charge is 2.13. The molecule has 1 aromatic carbocycles. The maximum Gasteiger partial charge on any atom is 0.335 e. The van der Waals surface area contributed by atoms with Crippen molar-refractivity contribution >= 4 is 17.1 Å². The van der Waals surface area contributed by atoms with Crippen LogP contribution in [-0.4, -0.2) is 16.1 Å². The lowest BCUT2D eigenvalue weighted by Crippen LogP contribution is -1.96. The number of carbonyl (C=O) groups is 1. The van der Waals surface area contributed by atoms with Gasteiger partial charge in [-0.3, -0.25) is 0 Å². The van der Waals surface area contributed by atoms with Crippen LogP contribution in [0.1, 0.15) is 23.2 Å². The fourth-order valence-electron chi connectivity index (χ4n) is 1.31. The van der Waals surface area contributed by atoms with Gasteiger partial charge in [0, 0.05) is 6.42 Å². The van der Waals surface area contributed by atoms with Crippen molar-refractivity contribution in [2.45, 2.75) is 13.3 Å². The molecule has 0 saturated heterocycles. The molecule has 0 saturated carbocycles. The third kappa shape index (κ3) is 1.56. The number of aromatic carboxylic acids is 1. The summed E-state index contributed by atoms with van der Waals surface area (Å²) in [7, 11) is 0. The minimum atomic E-state index is -1.19. The average molecular weight is 209 g/mol. The fraction of sp³-hybridized carbons (Fsp3) is 0.200. The molecule has 0 fully saturated rings. The third-order valence-electron chi connectivity index (χ3n) is 2.04. The topological polar surface area (TPSA) is 63.3 Å². The number of fused-ring (bicyclic) bond motifs is 1. The number of aromatic nitrogens is 1. The van der Waals surface area contributed by atoms with E-state index in [0.29, 0.717) is 12.3 Å². The summed E-state index contributed by atoms with van der Waals surface area (Å²) in [5.41, 5.74) is 0.111. The van der Waals surface area contributed by atoms with Crippen LogP contribution >= 0.6 is 0 Å². The van der Waals surface area contributed by atoms with Crippen molar-refractivity contribution in [2.24, 2.45) is 0 Å². The number of carboxylic acids is 1. The molecule has 1 heterocycles. The van der Waals surface area contributed by atoms with Gasteiger partial charge in [0.05, 0.1) is 5.56 Å². The molecular weight excluding hydrogens is 201 g/mol. The lowest BCUT2D eigenvalue weighted by Gasteiger charge is -1.94. The number of nitrogens with zero attached hydrogens (tertiary/aromatic N) is 1. The standard InChI is InChI=1S/C10H8FNO3/c1-2-8-12-9-6(11)3-5(10(13)14)4-7(9)15-8/h3-4H,2H2,1H3,(H,13,14). The van der Waals surface area contributed by atoms with E-state index in [0.717, 1.165) is 6.07 Å². The van der Waals surface area contributed by atoms with Crippen molar-refractivity contribution in [3.63, 3.8) is 0 Å². The number of carboxylic acid groups (broad SMARTS) is 1. The van der Waals surface area contributed by atoms with Crippen LogP contribution < -0.4 is 0 Å². The number of rotatable bonds is 2. The van der Waals surface area contributed by atoms with Gasteiger partial charge >= 0.3 is 5.97 Å². The second-order valence-electron chi connectivity index (χ2n) is 3.07. The van der Waals surface area contributed by atoms with E-state index < -0.39 is 11.8 Å². The zero-order valence-corrected chi connectivity index (χ0v) is 7.95. The van der Waals surface area contributed by atoms with Crippen LogP contribution in [0.5, 0.6) is 0 Å². The molecule has 0 aliphatic rings. The summed E-state index contributed by atoms with van der Waals surface area (Å²) < 4.78 is 18.5. The number of hydrogen-bond acceptors (Lipinski definition) is 3. The first-order chi connectivity index (χ1) is 7.11. The molecule has 2 rings (SSSR count). The Balaban J connectivity index is 2.70. The minimum absolute atomic E-state index is 0.0804. The smallest absolute Gasteiger partial charge is 0.335 e. The van der Waals surface area contributed by atoms with Gasteiger partial charge in [-0.25, -0.2) is 14.2 Å². The Bertz CT molecular complexity index is 533. The van der Waals surface area contributed by atoms with Crippen molar-refractivity contribution in [3.05, 3.63) is 29.4 Å². The Morgan fingerprint density at radius 3 is 2.93 bits per heavy atom. The molecule has 0 amide bonds. The first-order valence-electron chi connectivity index (χ1n) is 4.44. The molecule has 4 nitrogen and oxygen atoms in total. The van der Waals surface area contributed by atoms with Crippen LogP contribution in [0.2, 0.25) is 0 Å². The highest BCUT2D eigenvalue weighted by molar-refractivity contribution is 5.91. The molecule has 2 aromatic rings. The minimum Gasteiger partial charge on any atom is -0.478 e. The summed E-state index contributed by atoms with van der Waals surface area (Å²) in [6.45, 7) is 1.82. The molecule has 78 valence electrons. The molecule has 0 radical (unpaired) electrons. The largest absolute Gasteiger partial charge is 0.478 e. The Morgan fingerprint density at radius 2 is 2.33 bits per heavy atom. The highest BCUT2D eigenvalue weighted by atomic mass is 19.1. The molecule has 5 heteroatoms. The lowest BCUT2D eigenvalue weighted by atomic mass is 10.2. The first kappa shape index (κ1) is 9.64. The molecule has 0 aliphatic heterocycles. The van der Waals surface area contributed by atoms with Gasteiger partial charge in [0.1, 0.15) is 5.52 Å². The quantitative estimate of drug-likeness (QED) is 0.823. The Kier molecular flexibility index (Phi) is 2.15. The number of benzene rings is 1. The van der Waals surface area contributed by atoms with Crippen molar-refractivity contribution in [2.75, 3.05) is 0 Å². The van der Waals surface area contributed by atoms with Crippen LogP contribution in [0.3, 0.4) is 0 Å². The first-order valence-corrected chi connectivity index (χ1v) is 4.44. The summed E-state index contributed by atoms with van der Waals surface area (Å²) >= 11 is 0. The fourth-order valence-corrected chi connectivity index (χ4v) is 1.31. The summed E-state index contributed by atoms with van der Waals surface area (Å²) in [5.74, 6) is -1.47. The van der Waals surface area contributed by atoms with Gasteiger partial charge in [-0.15, -0.1) is 0 Å². The van der Waals surface area contributed by atoms with E-state index in [1.165, 1.54) is 6.07 Å². The van der Waals surface area contributed by atoms with E-state index in [2.05, 4.69) is 4.98 Å². The average Bonchev–Trinajstić information content (AvgIpc) is 2.61. The van der Waals surface area contributed by atoms with Gasteiger partial charge < -0.3 is 9.52 Å². The molecule has 0 spiro atoms. The van der Waals surface area contributed by atoms with Crippen molar-refractivity contribution in [3.8, 4) is 0 Å². The van der Waals surface area contributed by atoms with Crippen molar-refractivity contribution in [1.29, 1.82) is 0 Å². The Labute approximate surface area is 84.3 Å². The van der Waals surface area contributed by atoms with Crippen LogP contribution in [0.15, 0.2) is 16.5 Å². The number of hydrogen-bond donors (Lipinski definition) is 1. The van der Waals surface area contributed by atoms with Gasteiger partial charge in [0.15, 0.2) is 17.3 Å².